The van der Waals surface area contributed by atoms with Gasteiger partial charge in [0.25, 0.3) is 0 Å². The molecule has 0 aliphatic carbocycles. The van der Waals surface area contributed by atoms with E-state index in [2.05, 4.69) is 4.98 Å². The first-order chi connectivity index (χ1) is 9.82. The Kier molecular flexibility index (Phi) is 4.24. The van der Waals surface area contributed by atoms with E-state index >= 15 is 0 Å². The molecule has 0 saturated carbocycles. The van der Waals surface area contributed by atoms with Crippen LogP contribution in [0.1, 0.15) is 18.5 Å². The van der Waals surface area contributed by atoms with Crippen molar-refractivity contribution in [2.24, 2.45) is 0 Å². The largest absolute Gasteiger partial charge is 0.328 e. The molecule has 0 spiro atoms. The van der Waals surface area contributed by atoms with Crippen molar-refractivity contribution in [2.75, 3.05) is 7.05 Å². The average Bonchev–Trinajstić information content (AvgIpc) is 2.47. The standard InChI is InChI=1S/C14H15FN2O3S/c1-10(11-3-5-12(15)6-4-11)17(2)21(19,20)13-7-8-14(18)16-9-13/h3-10H,1-2H3,(H,16,18). The fourth-order valence-electron chi connectivity index (χ4n) is 1.88. The molecule has 7 heteroatoms. The van der Waals surface area contributed by atoms with Crippen LogP contribution in [0.4, 0.5) is 4.39 Å². The molecule has 1 aromatic heterocycles. The van der Waals surface area contributed by atoms with Crippen molar-refractivity contribution in [3.63, 3.8) is 0 Å². The second-order valence-corrected chi connectivity index (χ2v) is 6.63. The minimum Gasteiger partial charge on any atom is -0.328 e. The van der Waals surface area contributed by atoms with Gasteiger partial charge in [-0.25, -0.2) is 12.8 Å². The monoisotopic (exact) mass is 310 g/mol. The van der Waals surface area contributed by atoms with Gasteiger partial charge >= 0.3 is 0 Å². The van der Waals surface area contributed by atoms with Gasteiger partial charge in [0.2, 0.25) is 15.6 Å². The van der Waals surface area contributed by atoms with Crippen molar-refractivity contribution in [1.82, 2.24) is 9.29 Å². The molecule has 1 heterocycles. The molecule has 1 atom stereocenters. The molecule has 1 aromatic carbocycles. The maximum Gasteiger partial charge on any atom is 0.247 e. The highest BCUT2D eigenvalue weighted by atomic mass is 32.2. The number of aromatic amines is 1. The van der Waals surface area contributed by atoms with E-state index < -0.39 is 16.1 Å². The first-order valence-corrected chi connectivity index (χ1v) is 7.68. The number of nitrogens with zero attached hydrogens (tertiary/aromatic N) is 1. The van der Waals surface area contributed by atoms with Gasteiger partial charge in [0, 0.05) is 25.4 Å². The van der Waals surface area contributed by atoms with Crippen LogP contribution in [-0.2, 0) is 10.0 Å². The molecule has 1 unspecified atom stereocenters. The van der Waals surface area contributed by atoms with E-state index in [0.717, 1.165) is 12.3 Å². The summed E-state index contributed by atoms with van der Waals surface area (Å²) in [5.74, 6) is -0.378. The van der Waals surface area contributed by atoms with Gasteiger partial charge in [-0.3, -0.25) is 4.79 Å². The maximum atomic E-state index is 12.9. The Bertz CT molecular complexity index is 764. The lowest BCUT2D eigenvalue weighted by molar-refractivity contribution is 0.398. The average molecular weight is 310 g/mol. The van der Waals surface area contributed by atoms with Crippen molar-refractivity contribution < 1.29 is 12.8 Å². The Morgan fingerprint density at radius 2 is 1.76 bits per heavy atom. The molecular formula is C14H15FN2O3S. The van der Waals surface area contributed by atoms with Crippen LogP contribution in [0.5, 0.6) is 0 Å². The second-order valence-electron chi connectivity index (χ2n) is 4.64. The Morgan fingerprint density at radius 3 is 2.29 bits per heavy atom. The molecule has 1 N–H and O–H groups in total. The lowest BCUT2D eigenvalue weighted by Crippen LogP contribution is -2.30. The zero-order valence-corrected chi connectivity index (χ0v) is 12.4. The molecule has 0 saturated heterocycles. The minimum atomic E-state index is -3.74. The summed E-state index contributed by atoms with van der Waals surface area (Å²) in [7, 11) is -2.30. The van der Waals surface area contributed by atoms with Gasteiger partial charge in [0.05, 0.1) is 4.90 Å². The van der Waals surface area contributed by atoms with Crippen LogP contribution in [0.25, 0.3) is 0 Å². The third-order valence-corrected chi connectivity index (χ3v) is 5.25. The number of pyridine rings is 1. The Hall–Kier alpha value is -1.99. The highest BCUT2D eigenvalue weighted by Crippen LogP contribution is 2.25. The predicted molar refractivity (Wildman–Crippen MR) is 76.8 cm³/mol. The number of halogens is 1. The highest BCUT2D eigenvalue weighted by Gasteiger charge is 2.26. The van der Waals surface area contributed by atoms with Gasteiger partial charge in [-0.2, -0.15) is 4.31 Å². The highest BCUT2D eigenvalue weighted by molar-refractivity contribution is 7.89. The molecule has 2 aromatic rings. The van der Waals surface area contributed by atoms with E-state index in [-0.39, 0.29) is 16.3 Å². The predicted octanol–water partition coefficient (Wildman–Crippen LogP) is 1.90. The Balaban J connectivity index is 2.33. The van der Waals surface area contributed by atoms with Gasteiger partial charge in [0.1, 0.15) is 5.82 Å². The number of hydrogen-bond donors (Lipinski definition) is 1. The van der Waals surface area contributed by atoms with Crippen LogP contribution in [0, 0.1) is 5.82 Å². The Morgan fingerprint density at radius 1 is 1.14 bits per heavy atom. The zero-order chi connectivity index (χ0) is 15.6. The molecule has 5 nitrogen and oxygen atoms in total. The van der Waals surface area contributed by atoms with Crippen LogP contribution in [0.2, 0.25) is 0 Å². The normalized spacial score (nSPS) is 13.3. The van der Waals surface area contributed by atoms with Crippen LogP contribution in [0.15, 0.2) is 52.3 Å². The fraction of sp³-hybridized carbons (Fsp3) is 0.214. The maximum absolute atomic E-state index is 12.9. The van der Waals surface area contributed by atoms with Crippen molar-refractivity contribution in [2.45, 2.75) is 17.9 Å². The van der Waals surface area contributed by atoms with Gasteiger partial charge in [-0.15, -0.1) is 0 Å². The number of hydrogen-bond acceptors (Lipinski definition) is 3. The minimum absolute atomic E-state index is 0.00133. The molecule has 0 fully saturated rings. The molecule has 0 aliphatic heterocycles. The van der Waals surface area contributed by atoms with E-state index in [0.29, 0.717) is 5.56 Å². The summed E-state index contributed by atoms with van der Waals surface area (Å²) < 4.78 is 39.0. The summed E-state index contributed by atoms with van der Waals surface area (Å²) in [6.07, 6.45) is 1.16. The first-order valence-electron chi connectivity index (χ1n) is 6.24. The van der Waals surface area contributed by atoms with E-state index in [1.807, 2.05) is 0 Å². The number of aromatic nitrogens is 1. The van der Waals surface area contributed by atoms with E-state index in [9.17, 15) is 17.6 Å². The third kappa shape index (κ3) is 3.20. The number of sulfonamides is 1. The van der Waals surface area contributed by atoms with Crippen molar-refractivity contribution >= 4 is 10.0 Å². The molecule has 0 aliphatic rings. The summed E-state index contributed by atoms with van der Waals surface area (Å²) in [6, 6.07) is 7.59. The van der Waals surface area contributed by atoms with Crippen LogP contribution < -0.4 is 5.56 Å². The number of benzene rings is 1. The van der Waals surface area contributed by atoms with Gasteiger partial charge in [-0.05, 0) is 30.7 Å². The number of rotatable bonds is 4. The van der Waals surface area contributed by atoms with Crippen molar-refractivity contribution in [1.29, 1.82) is 0 Å². The second kappa shape index (κ2) is 5.79. The molecule has 0 radical (unpaired) electrons. The number of nitrogens with one attached hydrogen (secondary N) is 1. The SMILES string of the molecule is CC(c1ccc(F)cc1)N(C)S(=O)(=O)c1ccc(=O)[nH]c1. The third-order valence-electron chi connectivity index (χ3n) is 3.33. The molecular weight excluding hydrogens is 295 g/mol. The summed E-state index contributed by atoms with van der Waals surface area (Å²) in [5.41, 5.74) is 0.301. The van der Waals surface area contributed by atoms with Crippen LogP contribution in [0.3, 0.4) is 0 Å². The molecule has 2 rings (SSSR count). The zero-order valence-electron chi connectivity index (χ0n) is 11.6. The van der Waals surface area contributed by atoms with Gasteiger partial charge in [-0.1, -0.05) is 12.1 Å². The van der Waals surface area contributed by atoms with E-state index in [1.165, 1.54) is 29.6 Å². The lowest BCUT2D eigenvalue weighted by Gasteiger charge is -2.24. The quantitative estimate of drug-likeness (QED) is 0.937. The van der Waals surface area contributed by atoms with Gasteiger partial charge < -0.3 is 4.98 Å². The lowest BCUT2D eigenvalue weighted by atomic mass is 10.1. The molecule has 0 amide bonds. The molecule has 112 valence electrons. The van der Waals surface area contributed by atoms with Gasteiger partial charge in [0.15, 0.2) is 0 Å². The number of H-pyrrole nitrogens is 1. The van der Waals surface area contributed by atoms with E-state index in [4.69, 9.17) is 0 Å². The van der Waals surface area contributed by atoms with Crippen LogP contribution >= 0.6 is 0 Å². The first kappa shape index (κ1) is 15.4. The summed E-state index contributed by atoms with van der Waals surface area (Å²) in [4.78, 5) is 13.3. The van der Waals surface area contributed by atoms with Crippen molar-refractivity contribution in [3.8, 4) is 0 Å². The topological polar surface area (TPSA) is 70.2 Å². The molecule has 21 heavy (non-hydrogen) atoms. The Labute approximate surface area is 122 Å². The molecule has 0 bridgehead atoms. The summed E-state index contributed by atoms with van der Waals surface area (Å²) in [6.45, 7) is 1.70. The summed E-state index contributed by atoms with van der Waals surface area (Å²) >= 11 is 0. The van der Waals surface area contributed by atoms with Crippen LogP contribution in [-0.4, -0.2) is 24.8 Å². The van der Waals surface area contributed by atoms with E-state index in [1.54, 1.807) is 19.1 Å². The fourth-order valence-corrected chi connectivity index (χ4v) is 3.20. The summed E-state index contributed by atoms with van der Waals surface area (Å²) in [5, 5.41) is 0. The van der Waals surface area contributed by atoms with Crippen molar-refractivity contribution in [3.05, 3.63) is 64.3 Å². The smallest absolute Gasteiger partial charge is 0.247 e.